The molecule has 0 saturated heterocycles. The van der Waals surface area contributed by atoms with Gasteiger partial charge in [-0.3, -0.25) is 0 Å². The zero-order valence-electron chi connectivity index (χ0n) is 12.7. The predicted octanol–water partition coefficient (Wildman–Crippen LogP) is 0.611. The summed E-state index contributed by atoms with van der Waals surface area (Å²) in [5.41, 5.74) is 10.5. The molecular formula is C15H18FN5O2S. The number of sulfonamides is 1. The van der Waals surface area contributed by atoms with E-state index < -0.39 is 10.0 Å². The number of hydrogen-bond donors (Lipinski definition) is 4. The second-order valence-corrected chi connectivity index (χ2v) is 6.58. The fraction of sp³-hybridized carbons (Fsp3) is 0.0667. The zero-order valence-corrected chi connectivity index (χ0v) is 13.5. The first-order chi connectivity index (χ1) is 11.3. The fourth-order valence-electron chi connectivity index (χ4n) is 1.89. The van der Waals surface area contributed by atoms with Crippen molar-refractivity contribution < 1.29 is 12.8 Å². The molecule has 0 bridgehead atoms. The lowest BCUT2D eigenvalue weighted by Crippen LogP contribution is -2.39. The van der Waals surface area contributed by atoms with Crippen LogP contribution < -0.4 is 22.1 Å². The van der Waals surface area contributed by atoms with Crippen LogP contribution in [0.2, 0.25) is 0 Å². The van der Waals surface area contributed by atoms with Crippen LogP contribution in [0.5, 0.6) is 0 Å². The third-order valence-corrected chi connectivity index (χ3v) is 4.10. The Morgan fingerprint density at radius 3 is 2.25 bits per heavy atom. The molecule has 24 heavy (non-hydrogen) atoms. The average Bonchev–Trinajstić information content (AvgIpc) is 2.53. The third-order valence-electron chi connectivity index (χ3n) is 3.17. The van der Waals surface area contributed by atoms with E-state index in [9.17, 15) is 12.8 Å². The number of benzene rings is 2. The van der Waals surface area contributed by atoms with Gasteiger partial charge in [-0.25, -0.2) is 34.3 Å². The van der Waals surface area contributed by atoms with Crippen molar-refractivity contribution in [2.24, 2.45) is 16.7 Å². The van der Waals surface area contributed by atoms with E-state index >= 15 is 0 Å². The summed E-state index contributed by atoms with van der Waals surface area (Å²) in [6, 6.07) is 11.8. The molecule has 9 heteroatoms. The lowest BCUT2D eigenvalue weighted by molar-refractivity contribution is 0.276. The number of nitrogens with zero attached hydrogens (tertiary/aromatic N) is 1. The van der Waals surface area contributed by atoms with Crippen molar-refractivity contribution in [1.29, 1.82) is 0 Å². The Kier molecular flexibility index (Phi) is 5.52. The minimum atomic E-state index is -3.75. The van der Waals surface area contributed by atoms with Crippen LogP contribution in [-0.2, 0) is 16.6 Å². The molecule has 0 radical (unpaired) electrons. The summed E-state index contributed by atoms with van der Waals surface area (Å²) in [6.45, 7) is 0.380. The van der Waals surface area contributed by atoms with Gasteiger partial charge in [0.05, 0.1) is 16.8 Å². The van der Waals surface area contributed by atoms with Gasteiger partial charge >= 0.3 is 0 Å². The van der Waals surface area contributed by atoms with Gasteiger partial charge in [-0.05, 0) is 35.4 Å². The molecule has 128 valence electrons. The molecule has 7 N–H and O–H groups in total. The Hall–Kier alpha value is -2.46. The third kappa shape index (κ3) is 5.03. The van der Waals surface area contributed by atoms with Gasteiger partial charge in [0.25, 0.3) is 0 Å². The van der Waals surface area contributed by atoms with Gasteiger partial charge < -0.3 is 5.73 Å². The van der Waals surface area contributed by atoms with Crippen LogP contribution in [0.1, 0.15) is 11.1 Å². The Balaban J connectivity index is 2.00. The molecule has 0 aliphatic heterocycles. The molecule has 0 atom stereocenters. The number of hydrogen-bond acceptors (Lipinski definition) is 6. The van der Waals surface area contributed by atoms with Crippen LogP contribution in [0.25, 0.3) is 5.70 Å². The second kappa shape index (κ2) is 7.41. The fourth-order valence-corrected chi connectivity index (χ4v) is 2.41. The maximum Gasteiger partial charge on any atom is 0.238 e. The standard InChI is InChI=1S/C15H18FN5O2S/c16-13-5-1-11(2-6-13)9-20-21(18)10-15(17)12-3-7-14(8-4-12)24(19,22)23/h1-8,10,20H,9,17-18H2,(H2,19,22,23)/b15-10-. The quantitative estimate of drug-likeness (QED) is 0.446. The van der Waals surface area contributed by atoms with E-state index in [1.54, 1.807) is 12.1 Å². The van der Waals surface area contributed by atoms with E-state index in [0.717, 1.165) is 5.56 Å². The van der Waals surface area contributed by atoms with Gasteiger partial charge in [-0.15, -0.1) is 0 Å². The molecular weight excluding hydrogens is 333 g/mol. The van der Waals surface area contributed by atoms with Crippen LogP contribution >= 0.6 is 0 Å². The summed E-state index contributed by atoms with van der Waals surface area (Å²) in [4.78, 5) is -0.00177. The molecule has 0 unspecified atom stereocenters. The van der Waals surface area contributed by atoms with Gasteiger partial charge in [0.2, 0.25) is 10.0 Å². The molecule has 2 rings (SSSR count). The Bertz CT molecular complexity index is 820. The Morgan fingerprint density at radius 1 is 1.12 bits per heavy atom. The van der Waals surface area contributed by atoms with Crippen molar-refractivity contribution in [2.75, 3.05) is 0 Å². The molecule has 0 aromatic heterocycles. The minimum Gasteiger partial charge on any atom is -0.397 e. The van der Waals surface area contributed by atoms with Gasteiger partial charge in [0.1, 0.15) is 5.82 Å². The van der Waals surface area contributed by atoms with E-state index in [1.807, 2.05) is 0 Å². The van der Waals surface area contributed by atoms with Gasteiger partial charge in [-0.1, -0.05) is 24.3 Å². The number of rotatable bonds is 6. The molecule has 0 fully saturated rings. The summed E-state index contributed by atoms with van der Waals surface area (Å²) in [6.07, 6.45) is 1.44. The van der Waals surface area contributed by atoms with E-state index in [-0.39, 0.29) is 10.7 Å². The van der Waals surface area contributed by atoms with Crippen molar-refractivity contribution in [3.63, 3.8) is 0 Å². The number of halogens is 1. The van der Waals surface area contributed by atoms with Crippen LogP contribution in [-0.4, -0.2) is 13.5 Å². The topological polar surface area (TPSA) is 127 Å². The molecule has 0 aliphatic rings. The molecule has 0 heterocycles. The first kappa shape index (κ1) is 17.9. The minimum absolute atomic E-state index is 0.00177. The maximum atomic E-state index is 12.8. The van der Waals surface area contributed by atoms with E-state index in [0.29, 0.717) is 17.8 Å². The predicted molar refractivity (Wildman–Crippen MR) is 89.2 cm³/mol. The number of nitrogens with one attached hydrogen (secondary N) is 1. The average molecular weight is 351 g/mol. The van der Waals surface area contributed by atoms with Crippen molar-refractivity contribution in [1.82, 2.24) is 10.5 Å². The number of nitrogens with two attached hydrogens (primary N) is 3. The van der Waals surface area contributed by atoms with Gasteiger partial charge in [-0.2, -0.15) is 0 Å². The van der Waals surface area contributed by atoms with Gasteiger partial charge in [0, 0.05) is 6.54 Å². The van der Waals surface area contributed by atoms with Crippen molar-refractivity contribution in [2.45, 2.75) is 11.4 Å². The van der Waals surface area contributed by atoms with E-state index in [1.165, 1.54) is 47.7 Å². The smallest absolute Gasteiger partial charge is 0.238 e. The van der Waals surface area contributed by atoms with Crippen LogP contribution in [0.15, 0.2) is 59.6 Å². The molecule has 0 saturated carbocycles. The van der Waals surface area contributed by atoms with Gasteiger partial charge in [0.15, 0.2) is 0 Å². The summed E-state index contributed by atoms with van der Waals surface area (Å²) >= 11 is 0. The first-order valence-electron chi connectivity index (χ1n) is 6.88. The molecule has 7 nitrogen and oxygen atoms in total. The van der Waals surface area contributed by atoms with Crippen molar-refractivity contribution >= 4 is 15.7 Å². The highest BCUT2D eigenvalue weighted by molar-refractivity contribution is 7.89. The molecule has 2 aromatic rings. The molecule has 0 aliphatic carbocycles. The lowest BCUT2D eigenvalue weighted by Gasteiger charge is -2.16. The summed E-state index contributed by atoms with van der Waals surface area (Å²) in [5.74, 6) is 5.45. The van der Waals surface area contributed by atoms with E-state index in [4.69, 9.17) is 16.7 Å². The van der Waals surface area contributed by atoms with Crippen LogP contribution in [0, 0.1) is 5.82 Å². The number of hydrazine groups is 2. The highest BCUT2D eigenvalue weighted by Gasteiger charge is 2.07. The lowest BCUT2D eigenvalue weighted by atomic mass is 10.2. The number of primary sulfonamides is 1. The Labute approximate surface area is 139 Å². The van der Waals surface area contributed by atoms with Crippen LogP contribution in [0.3, 0.4) is 0 Å². The summed E-state index contributed by atoms with van der Waals surface area (Å²) in [7, 11) is -3.75. The highest BCUT2D eigenvalue weighted by atomic mass is 32.2. The zero-order chi connectivity index (χ0) is 17.7. The highest BCUT2D eigenvalue weighted by Crippen LogP contribution is 2.13. The SMILES string of the molecule is N/C(=C\N(N)NCc1ccc(F)cc1)c1ccc(S(N)(=O)=O)cc1. The Morgan fingerprint density at radius 2 is 1.71 bits per heavy atom. The van der Waals surface area contributed by atoms with Crippen LogP contribution in [0.4, 0.5) is 4.39 Å². The van der Waals surface area contributed by atoms with E-state index in [2.05, 4.69) is 5.43 Å². The van der Waals surface area contributed by atoms with Crippen molar-refractivity contribution in [3.8, 4) is 0 Å². The first-order valence-corrected chi connectivity index (χ1v) is 8.43. The summed E-state index contributed by atoms with van der Waals surface area (Å²) in [5, 5.41) is 6.21. The normalized spacial score (nSPS) is 12.2. The maximum absolute atomic E-state index is 12.8. The monoisotopic (exact) mass is 351 g/mol. The molecule has 0 amide bonds. The second-order valence-electron chi connectivity index (χ2n) is 5.02. The largest absolute Gasteiger partial charge is 0.397 e. The van der Waals surface area contributed by atoms with Crippen molar-refractivity contribution in [3.05, 3.63) is 71.7 Å². The summed E-state index contributed by atoms with van der Waals surface area (Å²) < 4.78 is 35.2. The molecule has 0 spiro atoms. The molecule has 2 aromatic carbocycles.